The average molecular weight is 551 g/mol. The van der Waals surface area contributed by atoms with E-state index in [0.29, 0.717) is 0 Å². The average Bonchev–Trinajstić information content (AvgIpc) is 3.09. The number of hydrogen-bond donors (Lipinski definition) is 2. The minimum absolute atomic E-state index is 0. The number of carboxylic acids is 1. The van der Waals surface area contributed by atoms with Gasteiger partial charge in [-0.2, -0.15) is 0 Å². The summed E-state index contributed by atoms with van der Waals surface area (Å²) >= 11 is 0.924. The van der Waals surface area contributed by atoms with Crippen LogP contribution in [0.1, 0.15) is 32.9 Å². The number of nitrogens with one attached hydrogen (secondary N) is 1. The molecule has 1 aromatic heterocycles. The van der Waals surface area contributed by atoms with Crippen molar-refractivity contribution in [3.8, 4) is 0 Å². The molecule has 182 valence electrons. The maximum atomic E-state index is 12.8. The number of oxime groups is 1. The van der Waals surface area contributed by atoms with Gasteiger partial charge in [0.15, 0.2) is 26.7 Å². The van der Waals surface area contributed by atoms with E-state index in [1.807, 2.05) is 0 Å². The first kappa shape index (κ1) is 33.7. The Hall–Kier alpha value is -1.31. The van der Waals surface area contributed by atoms with Crippen molar-refractivity contribution in [3.63, 3.8) is 0 Å². The van der Waals surface area contributed by atoms with Gasteiger partial charge in [0, 0.05) is 18.7 Å². The molecule has 0 spiro atoms. The van der Waals surface area contributed by atoms with E-state index < -0.39 is 57.5 Å². The predicted molar refractivity (Wildman–Crippen MR) is 107 cm³/mol. The van der Waals surface area contributed by atoms with Crippen LogP contribution in [0.15, 0.2) is 10.5 Å². The summed E-state index contributed by atoms with van der Waals surface area (Å²) < 4.78 is 38.9. The maximum absolute atomic E-state index is 12.8. The molecule has 0 radical (unpaired) electrons. The zero-order valence-electron chi connectivity index (χ0n) is 19.5. The Bertz CT molecular complexity index is 1110. The second kappa shape index (κ2) is 13.3. The smallest absolute Gasteiger partial charge is 0.731 e. The summed E-state index contributed by atoms with van der Waals surface area (Å²) in [6, 6.07) is -2.84. The minimum Gasteiger partial charge on any atom is -0.731 e. The summed E-state index contributed by atoms with van der Waals surface area (Å²) in [4.78, 5) is 55.9. The number of rotatable bonds is 10. The van der Waals surface area contributed by atoms with Crippen LogP contribution in [0.3, 0.4) is 0 Å². The van der Waals surface area contributed by atoms with Gasteiger partial charge in [0.25, 0.3) is 11.8 Å². The molecule has 35 heavy (non-hydrogen) atoms. The van der Waals surface area contributed by atoms with Crippen LogP contribution in [-0.2, 0) is 39.1 Å². The summed E-state index contributed by atoms with van der Waals surface area (Å²) in [7, 11) is -5.20. The number of aromatic nitrogens is 1. The van der Waals surface area contributed by atoms with Gasteiger partial charge in [0.05, 0.1) is 18.6 Å². The quantitative estimate of drug-likeness (QED) is 0.0689. The number of thiazole rings is 1. The number of esters is 1. The fraction of sp³-hybridized carbons (Fsp3) is 0.500. The molecule has 2 atom stereocenters. The van der Waals surface area contributed by atoms with Crippen molar-refractivity contribution in [1.29, 1.82) is 0 Å². The van der Waals surface area contributed by atoms with E-state index >= 15 is 0 Å². The molecule has 2 unspecified atom stereocenters. The number of ether oxygens (including phenoxy) is 1. The number of nitrogens with zero attached hydrogens (tertiary/aromatic N) is 3. The van der Waals surface area contributed by atoms with Crippen LogP contribution in [-0.4, -0.2) is 76.0 Å². The van der Waals surface area contributed by atoms with Gasteiger partial charge in [-0.05, 0) is 13.8 Å². The van der Waals surface area contributed by atoms with E-state index in [0.717, 1.165) is 32.1 Å². The molecule has 1 aliphatic rings. The van der Waals surface area contributed by atoms with Crippen LogP contribution in [0.2, 0.25) is 0 Å². The van der Waals surface area contributed by atoms with Crippen LogP contribution in [0, 0.1) is 0 Å². The molecule has 2 heterocycles. The van der Waals surface area contributed by atoms with Crippen molar-refractivity contribution in [2.75, 3.05) is 12.3 Å². The summed E-state index contributed by atoms with van der Waals surface area (Å²) in [5.74, 6) is -4.65. The van der Waals surface area contributed by atoms with Crippen LogP contribution in [0.25, 0.3) is 0 Å². The standard InChI is InChI=1S/C16H21N5O10S2.2Na/c1-7(22)30-5-4-9-11(13(24)21(9)33(27,28)29)19-12(23)10(8-6-32-15(17)18-8)20-31-16(2,3)14(25)26;;/h6,9,11H,4-5H2,1-3H3,(H2,17,18)(H,19,23)(H,25,26)(H,27,28,29);;/q;2*+1/p-2/b20-10-;;. The van der Waals surface area contributed by atoms with Crippen LogP contribution in [0.4, 0.5) is 5.13 Å². The molecular weight excluding hydrogens is 532 g/mol. The fourth-order valence-electron chi connectivity index (χ4n) is 2.57. The van der Waals surface area contributed by atoms with Crippen molar-refractivity contribution in [1.82, 2.24) is 14.6 Å². The molecule has 15 nitrogen and oxygen atoms in total. The van der Waals surface area contributed by atoms with Gasteiger partial charge in [-0.3, -0.25) is 14.4 Å². The van der Waals surface area contributed by atoms with Gasteiger partial charge in [0.2, 0.25) is 0 Å². The Morgan fingerprint density at radius 3 is 2.40 bits per heavy atom. The van der Waals surface area contributed by atoms with E-state index in [1.165, 1.54) is 5.38 Å². The van der Waals surface area contributed by atoms with Gasteiger partial charge >= 0.3 is 65.1 Å². The van der Waals surface area contributed by atoms with Gasteiger partial charge in [0.1, 0.15) is 11.7 Å². The largest absolute Gasteiger partial charge is 1.00 e. The number of nitrogen functional groups attached to an aromatic ring is 1. The third-order valence-electron chi connectivity index (χ3n) is 4.25. The number of β-lactam (4-membered cyclic amide) rings is 1. The Labute approximate surface area is 248 Å². The molecule has 1 fully saturated rings. The predicted octanol–water partition coefficient (Wildman–Crippen LogP) is -8.91. The van der Waals surface area contributed by atoms with Crippen LogP contribution < -0.4 is 75.3 Å². The third kappa shape index (κ3) is 8.64. The molecule has 0 aliphatic carbocycles. The Morgan fingerprint density at radius 1 is 1.34 bits per heavy atom. The number of anilines is 1. The first-order chi connectivity index (χ1) is 15.1. The Morgan fingerprint density at radius 2 is 1.94 bits per heavy atom. The molecule has 0 saturated carbocycles. The van der Waals surface area contributed by atoms with Crippen molar-refractivity contribution >= 4 is 56.2 Å². The van der Waals surface area contributed by atoms with E-state index in [1.54, 1.807) is 0 Å². The molecule has 3 N–H and O–H groups in total. The van der Waals surface area contributed by atoms with Gasteiger partial charge in [-0.25, -0.2) is 17.7 Å². The van der Waals surface area contributed by atoms with Gasteiger partial charge < -0.3 is 35.1 Å². The molecule has 1 aliphatic heterocycles. The van der Waals surface area contributed by atoms with Crippen LogP contribution in [0.5, 0.6) is 0 Å². The molecule has 2 rings (SSSR count). The first-order valence-electron chi connectivity index (χ1n) is 9.07. The molecule has 0 bridgehead atoms. The second-order valence-corrected chi connectivity index (χ2v) is 9.28. The Balaban J connectivity index is 0.00000578. The van der Waals surface area contributed by atoms with E-state index in [4.69, 9.17) is 15.3 Å². The fourth-order valence-corrected chi connectivity index (χ4v) is 4.01. The number of amides is 2. The normalized spacial score (nSPS) is 17.9. The Kier molecular flexibility index (Phi) is 12.8. The first-order valence-corrected chi connectivity index (χ1v) is 11.3. The number of carboxylic acid groups (broad SMARTS) is 1. The number of carbonyl (C=O) groups excluding carboxylic acids is 4. The number of nitrogens with two attached hydrogens (primary N) is 1. The zero-order chi connectivity index (χ0) is 25.1. The zero-order valence-corrected chi connectivity index (χ0v) is 25.1. The second-order valence-electron chi connectivity index (χ2n) is 7.14. The van der Waals surface area contributed by atoms with E-state index in [9.17, 15) is 37.3 Å². The maximum Gasteiger partial charge on any atom is 1.00 e. The molecule has 0 aromatic carbocycles. The molecular formula is C16H19N5Na2O10S2. The van der Waals surface area contributed by atoms with Crippen LogP contribution >= 0.6 is 11.3 Å². The minimum atomic E-state index is -5.20. The summed E-state index contributed by atoms with van der Waals surface area (Å²) in [5, 5.41) is 18.2. The summed E-state index contributed by atoms with van der Waals surface area (Å²) in [6.07, 6.45) is -0.276. The summed E-state index contributed by atoms with van der Waals surface area (Å²) in [5.41, 5.74) is 2.90. The molecule has 1 aromatic rings. The number of carbonyl (C=O) groups is 4. The SMILES string of the molecule is CC(=O)OCCC1C(NC(=O)/C(=N\OC(C)(C)C(=O)[O-])c2csc(N)n2)C(=O)N1S(=O)(=O)[O-].[Na+].[Na+]. The van der Waals surface area contributed by atoms with Gasteiger partial charge in [-0.15, -0.1) is 11.3 Å². The van der Waals surface area contributed by atoms with Crippen molar-refractivity contribution in [3.05, 3.63) is 11.1 Å². The van der Waals surface area contributed by atoms with Crippen molar-refractivity contribution in [2.45, 2.75) is 44.9 Å². The third-order valence-corrected chi connectivity index (χ3v) is 5.86. The molecule has 19 heteroatoms. The van der Waals surface area contributed by atoms with Crippen molar-refractivity contribution in [2.24, 2.45) is 5.16 Å². The number of aliphatic carboxylic acids is 1. The van der Waals surface area contributed by atoms with Crippen molar-refractivity contribution < 1.29 is 106 Å². The molecule has 1 saturated heterocycles. The monoisotopic (exact) mass is 551 g/mol. The number of hydrogen-bond acceptors (Lipinski definition) is 14. The van der Waals surface area contributed by atoms with E-state index in [2.05, 4.69) is 15.5 Å². The summed E-state index contributed by atoms with van der Waals surface area (Å²) in [6.45, 7) is 2.98. The topological polar surface area (TPSA) is 234 Å². The van der Waals surface area contributed by atoms with Gasteiger partial charge in [-0.1, -0.05) is 5.16 Å². The van der Waals surface area contributed by atoms with E-state index in [-0.39, 0.29) is 87.3 Å². The molecule has 2 amide bonds.